The van der Waals surface area contributed by atoms with Gasteiger partial charge < -0.3 is 4.74 Å². The van der Waals surface area contributed by atoms with Crippen molar-refractivity contribution in [2.45, 2.75) is 38.7 Å². The average molecular weight is 320 g/mol. The van der Waals surface area contributed by atoms with Gasteiger partial charge in [0.25, 0.3) is 0 Å². The summed E-state index contributed by atoms with van der Waals surface area (Å²) in [6.45, 7) is 3.04. The van der Waals surface area contributed by atoms with Gasteiger partial charge in [-0.15, -0.1) is 0 Å². The van der Waals surface area contributed by atoms with Gasteiger partial charge in [0.15, 0.2) is 0 Å². The highest BCUT2D eigenvalue weighted by Crippen LogP contribution is 2.23. The van der Waals surface area contributed by atoms with Crippen LogP contribution in [0.15, 0.2) is 24.3 Å². The Kier molecular flexibility index (Phi) is 7.91. The lowest BCUT2D eigenvalue weighted by molar-refractivity contribution is 0.0668. The first-order chi connectivity index (χ1) is 8.27. The van der Waals surface area contributed by atoms with Crippen LogP contribution < -0.4 is 0 Å². The number of ether oxygens (including phenoxy) is 1. The second-order valence-electron chi connectivity index (χ2n) is 4.13. The Morgan fingerprint density at radius 3 is 2.76 bits per heavy atom. The van der Waals surface area contributed by atoms with E-state index in [-0.39, 0.29) is 6.10 Å². The van der Waals surface area contributed by atoms with Crippen LogP contribution in [0, 0.1) is 0 Å². The van der Waals surface area contributed by atoms with Crippen LogP contribution in [0.5, 0.6) is 0 Å². The molecule has 0 heterocycles. The van der Waals surface area contributed by atoms with Crippen molar-refractivity contribution in [3.8, 4) is 0 Å². The third kappa shape index (κ3) is 5.89. The van der Waals surface area contributed by atoms with Crippen molar-refractivity contribution in [3.05, 3.63) is 34.9 Å². The monoisotopic (exact) mass is 318 g/mol. The van der Waals surface area contributed by atoms with E-state index in [0.717, 1.165) is 28.9 Å². The lowest BCUT2D eigenvalue weighted by atomic mass is 10.1. The summed E-state index contributed by atoms with van der Waals surface area (Å²) in [5.41, 5.74) is 1.14. The van der Waals surface area contributed by atoms with Crippen molar-refractivity contribution >= 4 is 27.5 Å². The van der Waals surface area contributed by atoms with E-state index in [1.165, 1.54) is 19.3 Å². The van der Waals surface area contributed by atoms with Gasteiger partial charge >= 0.3 is 0 Å². The van der Waals surface area contributed by atoms with Gasteiger partial charge in [-0.25, -0.2) is 0 Å². The number of hydrogen-bond acceptors (Lipinski definition) is 1. The molecule has 0 spiro atoms. The molecule has 0 amide bonds. The standard InChI is InChI=1S/C14H20BrClO/c1-2-3-4-5-9-17-14(11-15)12-7-6-8-13(16)10-12/h6-8,10,14H,2-5,9,11H2,1H3. The topological polar surface area (TPSA) is 9.23 Å². The molecular formula is C14H20BrClO. The van der Waals surface area contributed by atoms with Crippen LogP contribution in [0.3, 0.4) is 0 Å². The van der Waals surface area contributed by atoms with E-state index in [0.29, 0.717) is 0 Å². The fourth-order valence-corrected chi connectivity index (χ4v) is 2.45. The van der Waals surface area contributed by atoms with E-state index < -0.39 is 0 Å². The Balaban J connectivity index is 2.38. The minimum Gasteiger partial charge on any atom is -0.373 e. The predicted octanol–water partition coefficient (Wildman–Crippen LogP) is 5.37. The van der Waals surface area contributed by atoms with Crippen LogP contribution in [0.25, 0.3) is 0 Å². The van der Waals surface area contributed by atoms with Gasteiger partial charge in [0.2, 0.25) is 0 Å². The minimum atomic E-state index is 0.107. The summed E-state index contributed by atoms with van der Waals surface area (Å²) in [7, 11) is 0. The molecule has 0 aliphatic heterocycles. The summed E-state index contributed by atoms with van der Waals surface area (Å²) < 4.78 is 5.87. The molecule has 3 heteroatoms. The highest BCUT2D eigenvalue weighted by Gasteiger charge is 2.10. The molecule has 96 valence electrons. The number of rotatable bonds is 8. The largest absolute Gasteiger partial charge is 0.373 e. The molecule has 1 rings (SSSR count). The van der Waals surface area contributed by atoms with Gasteiger partial charge in [-0.05, 0) is 24.1 Å². The van der Waals surface area contributed by atoms with Crippen molar-refractivity contribution in [3.63, 3.8) is 0 Å². The number of alkyl halides is 1. The normalized spacial score (nSPS) is 12.6. The first kappa shape index (κ1) is 15.0. The van der Waals surface area contributed by atoms with Gasteiger partial charge in [0.1, 0.15) is 0 Å². The molecule has 0 N–H and O–H groups in total. The van der Waals surface area contributed by atoms with E-state index >= 15 is 0 Å². The van der Waals surface area contributed by atoms with Gasteiger partial charge in [-0.2, -0.15) is 0 Å². The number of benzene rings is 1. The van der Waals surface area contributed by atoms with Crippen molar-refractivity contribution in [1.29, 1.82) is 0 Å². The summed E-state index contributed by atoms with van der Waals surface area (Å²) in [5.74, 6) is 0. The average Bonchev–Trinajstić information content (AvgIpc) is 2.34. The second kappa shape index (κ2) is 8.96. The molecule has 0 fully saturated rings. The highest BCUT2D eigenvalue weighted by atomic mass is 79.9. The van der Waals surface area contributed by atoms with Gasteiger partial charge in [0, 0.05) is 17.0 Å². The molecule has 0 bridgehead atoms. The quantitative estimate of drug-likeness (QED) is 0.462. The maximum absolute atomic E-state index is 5.98. The summed E-state index contributed by atoms with van der Waals surface area (Å²) in [6.07, 6.45) is 5.05. The number of unbranched alkanes of at least 4 members (excludes halogenated alkanes) is 3. The summed E-state index contributed by atoms with van der Waals surface area (Å²) in [4.78, 5) is 0. The minimum absolute atomic E-state index is 0.107. The van der Waals surface area contributed by atoms with Gasteiger partial charge in [-0.1, -0.05) is 65.8 Å². The first-order valence-corrected chi connectivity index (χ1v) is 7.71. The Hall–Kier alpha value is -0.0500. The summed E-state index contributed by atoms with van der Waals surface area (Å²) >= 11 is 9.47. The summed E-state index contributed by atoms with van der Waals surface area (Å²) in [6, 6.07) is 7.88. The molecular weight excluding hydrogens is 300 g/mol. The maximum Gasteiger partial charge on any atom is 0.0922 e. The van der Waals surface area contributed by atoms with E-state index in [4.69, 9.17) is 16.3 Å². The lowest BCUT2D eigenvalue weighted by Gasteiger charge is -2.16. The molecule has 0 saturated heterocycles. The molecule has 17 heavy (non-hydrogen) atoms. The fourth-order valence-electron chi connectivity index (χ4n) is 1.69. The molecule has 0 aliphatic rings. The number of halogens is 2. The van der Waals surface area contributed by atoms with Crippen LogP contribution in [-0.2, 0) is 4.74 Å². The van der Waals surface area contributed by atoms with E-state index in [2.05, 4.69) is 28.9 Å². The molecule has 0 saturated carbocycles. The molecule has 0 aromatic heterocycles. The highest BCUT2D eigenvalue weighted by molar-refractivity contribution is 9.09. The molecule has 1 unspecified atom stereocenters. The smallest absolute Gasteiger partial charge is 0.0922 e. The molecule has 0 radical (unpaired) electrons. The van der Waals surface area contributed by atoms with E-state index in [9.17, 15) is 0 Å². The van der Waals surface area contributed by atoms with Crippen LogP contribution in [0.2, 0.25) is 5.02 Å². The van der Waals surface area contributed by atoms with Crippen molar-refractivity contribution in [2.75, 3.05) is 11.9 Å². The Morgan fingerprint density at radius 2 is 2.12 bits per heavy atom. The number of hydrogen-bond donors (Lipinski definition) is 0. The summed E-state index contributed by atoms with van der Waals surface area (Å²) in [5, 5.41) is 1.57. The van der Waals surface area contributed by atoms with Crippen LogP contribution in [0.1, 0.15) is 44.3 Å². The van der Waals surface area contributed by atoms with Crippen molar-refractivity contribution < 1.29 is 4.74 Å². The lowest BCUT2D eigenvalue weighted by Crippen LogP contribution is -2.07. The van der Waals surface area contributed by atoms with E-state index in [1.807, 2.05) is 18.2 Å². The zero-order chi connectivity index (χ0) is 12.5. The molecule has 1 atom stereocenters. The molecule has 0 aliphatic carbocycles. The SMILES string of the molecule is CCCCCCOC(CBr)c1cccc(Cl)c1. The zero-order valence-corrected chi connectivity index (χ0v) is 12.6. The molecule has 1 aromatic rings. The van der Waals surface area contributed by atoms with Crippen molar-refractivity contribution in [2.24, 2.45) is 0 Å². The van der Waals surface area contributed by atoms with Gasteiger partial charge in [0.05, 0.1) is 6.10 Å². The predicted molar refractivity (Wildman–Crippen MR) is 78.1 cm³/mol. The van der Waals surface area contributed by atoms with Crippen LogP contribution in [-0.4, -0.2) is 11.9 Å². The maximum atomic E-state index is 5.98. The van der Waals surface area contributed by atoms with Crippen molar-refractivity contribution in [1.82, 2.24) is 0 Å². The second-order valence-corrected chi connectivity index (χ2v) is 5.21. The Morgan fingerprint density at radius 1 is 1.29 bits per heavy atom. The molecule has 1 aromatic carbocycles. The third-order valence-corrected chi connectivity index (χ3v) is 3.50. The Labute approximate surface area is 118 Å². The van der Waals surface area contributed by atoms with Crippen LogP contribution in [0.4, 0.5) is 0 Å². The van der Waals surface area contributed by atoms with Gasteiger partial charge in [-0.3, -0.25) is 0 Å². The first-order valence-electron chi connectivity index (χ1n) is 6.21. The Bertz CT molecular complexity index is 317. The van der Waals surface area contributed by atoms with E-state index in [1.54, 1.807) is 0 Å². The molecule has 1 nitrogen and oxygen atoms in total. The van der Waals surface area contributed by atoms with Crippen LogP contribution >= 0.6 is 27.5 Å². The fraction of sp³-hybridized carbons (Fsp3) is 0.571. The third-order valence-electron chi connectivity index (χ3n) is 2.68. The zero-order valence-electron chi connectivity index (χ0n) is 10.3.